The summed E-state index contributed by atoms with van der Waals surface area (Å²) in [7, 11) is 0. The average molecular weight is 502 g/mol. The highest BCUT2D eigenvalue weighted by atomic mass is 35.5. The van der Waals surface area contributed by atoms with Gasteiger partial charge in [-0.05, 0) is 29.8 Å². The van der Waals surface area contributed by atoms with Gasteiger partial charge in [-0.1, -0.05) is 65.7 Å². The molecule has 0 saturated carbocycles. The lowest BCUT2D eigenvalue weighted by molar-refractivity contribution is -0.117. The fourth-order valence-electron chi connectivity index (χ4n) is 3.03. The first-order valence-corrected chi connectivity index (χ1v) is 11.3. The van der Waals surface area contributed by atoms with E-state index in [2.05, 4.69) is 23.3 Å². The van der Waals surface area contributed by atoms with Crippen molar-refractivity contribution < 1.29 is 14.4 Å². The summed E-state index contributed by atoms with van der Waals surface area (Å²) >= 11 is 16.2. The van der Waals surface area contributed by atoms with Crippen LogP contribution < -0.4 is 16.4 Å². The minimum Gasteiger partial charge on any atom is -0.325 e. The summed E-state index contributed by atoms with van der Waals surface area (Å²) in [5.74, 6) is -0.964. The first kappa shape index (κ1) is 24.8. The molecule has 170 valence electrons. The Bertz CT molecular complexity index is 1190. The van der Waals surface area contributed by atoms with E-state index in [1.807, 2.05) is 0 Å². The van der Waals surface area contributed by atoms with Gasteiger partial charge in [0.25, 0.3) is 0 Å². The van der Waals surface area contributed by atoms with Gasteiger partial charge in [0.1, 0.15) is 0 Å². The van der Waals surface area contributed by atoms with Gasteiger partial charge in [-0.2, -0.15) is 12.6 Å². The molecule has 0 unspecified atom stereocenters. The molecule has 6 nitrogen and oxygen atoms in total. The Morgan fingerprint density at radius 3 is 2.36 bits per heavy atom. The lowest BCUT2D eigenvalue weighted by atomic mass is 10.0. The average Bonchev–Trinajstić information content (AvgIpc) is 2.82. The van der Waals surface area contributed by atoms with Gasteiger partial charge < -0.3 is 16.4 Å². The van der Waals surface area contributed by atoms with Gasteiger partial charge in [0.05, 0.1) is 28.2 Å². The van der Waals surface area contributed by atoms with Crippen molar-refractivity contribution in [3.8, 4) is 0 Å². The third-order valence-corrected chi connectivity index (χ3v) is 6.01. The van der Waals surface area contributed by atoms with Gasteiger partial charge in [-0.25, -0.2) is 0 Å². The normalized spacial score (nSPS) is 11.5. The molecular weight excluding hydrogens is 481 g/mol. The van der Waals surface area contributed by atoms with E-state index in [0.29, 0.717) is 32.5 Å². The minimum atomic E-state index is -0.802. The van der Waals surface area contributed by atoms with E-state index in [9.17, 15) is 14.4 Å². The predicted molar refractivity (Wildman–Crippen MR) is 136 cm³/mol. The van der Waals surface area contributed by atoms with Crippen LogP contribution in [0.5, 0.6) is 0 Å². The Morgan fingerprint density at radius 2 is 1.67 bits per heavy atom. The number of anilines is 2. The fourth-order valence-corrected chi connectivity index (χ4v) is 3.59. The molecule has 0 fully saturated rings. The monoisotopic (exact) mass is 501 g/mol. The van der Waals surface area contributed by atoms with E-state index >= 15 is 0 Å². The quantitative estimate of drug-likeness (QED) is 0.267. The van der Waals surface area contributed by atoms with Crippen LogP contribution in [0.25, 0.3) is 0 Å². The van der Waals surface area contributed by atoms with Crippen LogP contribution in [0.3, 0.4) is 0 Å². The molecule has 0 saturated heterocycles. The second-order valence-electron chi connectivity index (χ2n) is 7.17. The lowest BCUT2D eigenvalue weighted by Crippen LogP contribution is -2.37. The molecule has 9 heteroatoms. The number of carbonyl (C=O) groups excluding carboxylic acids is 3. The first-order valence-electron chi connectivity index (χ1n) is 9.94. The highest BCUT2D eigenvalue weighted by molar-refractivity contribution is 7.80. The minimum absolute atomic E-state index is 0.0341. The Hall–Kier alpha value is -2.84. The van der Waals surface area contributed by atoms with Crippen molar-refractivity contribution in [2.24, 2.45) is 5.73 Å². The van der Waals surface area contributed by atoms with E-state index < -0.39 is 11.9 Å². The molecule has 1 atom stereocenters. The van der Waals surface area contributed by atoms with Crippen LogP contribution in [0.15, 0.2) is 66.7 Å². The fraction of sp³-hybridized carbons (Fsp3) is 0.125. The maximum Gasteiger partial charge on any atom is 0.242 e. The second kappa shape index (κ2) is 11.3. The predicted octanol–water partition coefficient (Wildman–Crippen LogP) is 4.60. The van der Waals surface area contributed by atoms with Crippen LogP contribution in [0.1, 0.15) is 21.5 Å². The molecule has 0 radical (unpaired) electrons. The molecule has 0 heterocycles. The highest BCUT2D eigenvalue weighted by Gasteiger charge is 2.19. The summed E-state index contributed by atoms with van der Waals surface area (Å²) in [6, 6.07) is 17.5. The van der Waals surface area contributed by atoms with Crippen LogP contribution in [0, 0.1) is 0 Å². The molecule has 0 spiro atoms. The van der Waals surface area contributed by atoms with Crippen LogP contribution in [0.4, 0.5) is 11.4 Å². The van der Waals surface area contributed by atoms with Gasteiger partial charge in [-0.3, -0.25) is 14.4 Å². The summed E-state index contributed by atoms with van der Waals surface area (Å²) < 4.78 is 0. The number of amides is 2. The topological polar surface area (TPSA) is 101 Å². The van der Waals surface area contributed by atoms with Crippen molar-refractivity contribution in [3.63, 3.8) is 0 Å². The van der Waals surface area contributed by atoms with E-state index in [1.165, 1.54) is 6.07 Å². The van der Waals surface area contributed by atoms with Crippen molar-refractivity contribution in [2.45, 2.75) is 12.5 Å². The third kappa shape index (κ3) is 6.36. The van der Waals surface area contributed by atoms with Gasteiger partial charge in [0.2, 0.25) is 11.8 Å². The summed E-state index contributed by atoms with van der Waals surface area (Å²) in [4.78, 5) is 38.1. The van der Waals surface area contributed by atoms with E-state index in [0.717, 1.165) is 0 Å². The number of carbonyl (C=O) groups is 3. The van der Waals surface area contributed by atoms with Crippen molar-refractivity contribution in [2.75, 3.05) is 16.4 Å². The number of thiol groups is 1. The standard InChI is InChI=1S/C24H21Cl2N3O3S/c25-18-8-4-7-15(22(18)26)11-21(30)29-20-10-9-16(28-24(32)19(27)13-33)12-17(20)23(31)14-5-2-1-3-6-14/h1-10,12,19,33H,11,13,27H2,(H,28,32)(H,29,30)/t19-/m0/s1. The van der Waals surface area contributed by atoms with Crippen molar-refractivity contribution in [3.05, 3.63) is 93.5 Å². The molecule has 3 rings (SSSR count). The van der Waals surface area contributed by atoms with Crippen molar-refractivity contribution >= 4 is 64.8 Å². The van der Waals surface area contributed by atoms with Crippen LogP contribution in [-0.2, 0) is 16.0 Å². The maximum atomic E-state index is 13.2. The summed E-state index contributed by atoms with van der Waals surface area (Å²) in [5.41, 5.74) is 7.58. The van der Waals surface area contributed by atoms with Gasteiger partial charge >= 0.3 is 0 Å². The Balaban J connectivity index is 1.90. The van der Waals surface area contributed by atoms with E-state index in [1.54, 1.807) is 60.7 Å². The molecule has 0 aromatic heterocycles. The van der Waals surface area contributed by atoms with E-state index in [4.69, 9.17) is 28.9 Å². The molecular formula is C24H21Cl2N3O3S. The first-order chi connectivity index (χ1) is 15.8. The number of ketones is 1. The van der Waals surface area contributed by atoms with Crippen molar-refractivity contribution in [1.29, 1.82) is 0 Å². The molecule has 3 aromatic carbocycles. The molecule has 3 aromatic rings. The largest absolute Gasteiger partial charge is 0.325 e. The zero-order valence-electron chi connectivity index (χ0n) is 17.3. The lowest BCUT2D eigenvalue weighted by Gasteiger charge is -2.15. The molecule has 0 aliphatic rings. The molecule has 0 aliphatic carbocycles. The maximum absolute atomic E-state index is 13.2. The zero-order valence-corrected chi connectivity index (χ0v) is 19.8. The van der Waals surface area contributed by atoms with Crippen LogP contribution in [0.2, 0.25) is 10.0 Å². The summed E-state index contributed by atoms with van der Waals surface area (Å²) in [6.07, 6.45) is -0.0341. The molecule has 4 N–H and O–H groups in total. The number of rotatable bonds is 8. The highest BCUT2D eigenvalue weighted by Crippen LogP contribution is 2.27. The van der Waals surface area contributed by atoms with E-state index in [-0.39, 0.29) is 29.4 Å². The van der Waals surface area contributed by atoms with Crippen LogP contribution in [-0.4, -0.2) is 29.4 Å². The Kier molecular flexibility index (Phi) is 8.52. The molecule has 2 amide bonds. The number of nitrogens with one attached hydrogen (secondary N) is 2. The Morgan fingerprint density at radius 1 is 0.939 bits per heavy atom. The Labute approximate surface area is 206 Å². The zero-order chi connectivity index (χ0) is 24.0. The van der Waals surface area contributed by atoms with Gasteiger partial charge in [-0.15, -0.1) is 0 Å². The number of hydrogen-bond donors (Lipinski definition) is 4. The number of nitrogens with two attached hydrogens (primary N) is 1. The molecule has 0 bridgehead atoms. The number of benzene rings is 3. The smallest absolute Gasteiger partial charge is 0.242 e. The van der Waals surface area contributed by atoms with Gasteiger partial charge in [0, 0.05) is 22.6 Å². The number of halogens is 2. The second-order valence-corrected chi connectivity index (χ2v) is 8.32. The SMILES string of the molecule is N[C@@H](CS)C(=O)Nc1ccc(NC(=O)Cc2cccc(Cl)c2Cl)c(C(=O)c2ccccc2)c1. The van der Waals surface area contributed by atoms with Gasteiger partial charge in [0.15, 0.2) is 5.78 Å². The summed E-state index contributed by atoms with van der Waals surface area (Å²) in [6.45, 7) is 0. The molecule has 0 aliphatic heterocycles. The van der Waals surface area contributed by atoms with Crippen molar-refractivity contribution in [1.82, 2.24) is 0 Å². The molecule has 33 heavy (non-hydrogen) atoms. The number of hydrogen-bond acceptors (Lipinski definition) is 5. The third-order valence-electron chi connectivity index (χ3n) is 4.76. The van der Waals surface area contributed by atoms with Crippen LogP contribution >= 0.6 is 35.8 Å². The summed E-state index contributed by atoms with van der Waals surface area (Å²) in [5, 5.41) is 6.07.